The number of rotatable bonds is 8. The molecule has 3 rings (SSSR count). The average Bonchev–Trinajstić information content (AvgIpc) is 2.74. The Morgan fingerprint density at radius 2 is 1.32 bits per heavy atom. The summed E-state index contributed by atoms with van der Waals surface area (Å²) in [5, 5.41) is 9.54. The van der Waals surface area contributed by atoms with E-state index < -0.39 is 0 Å². The molecular weight excluding hydrogens is 340 g/mol. The first kappa shape index (κ1) is 21.7. The van der Waals surface area contributed by atoms with E-state index in [-0.39, 0.29) is 0 Å². The zero-order valence-electron chi connectivity index (χ0n) is 18.7. The molecule has 2 aliphatic rings. The second-order valence-electron chi connectivity index (χ2n) is 10.2. The van der Waals surface area contributed by atoms with Crippen molar-refractivity contribution >= 4 is 0 Å². The van der Waals surface area contributed by atoms with Gasteiger partial charge in [-0.25, -0.2) is 0 Å². The fourth-order valence-corrected chi connectivity index (χ4v) is 6.29. The van der Waals surface area contributed by atoms with Gasteiger partial charge in [-0.1, -0.05) is 71.4 Å². The second kappa shape index (κ2) is 10.7. The number of phenols is 1. The molecule has 0 spiro atoms. The van der Waals surface area contributed by atoms with Crippen LogP contribution in [0.5, 0.6) is 5.75 Å². The third-order valence-corrected chi connectivity index (χ3v) is 8.54. The van der Waals surface area contributed by atoms with Gasteiger partial charge in [0.25, 0.3) is 0 Å². The lowest BCUT2D eigenvalue weighted by atomic mass is 9.65. The maximum absolute atomic E-state index is 9.54. The van der Waals surface area contributed by atoms with Crippen LogP contribution in [0, 0.1) is 29.6 Å². The summed E-state index contributed by atoms with van der Waals surface area (Å²) in [5.41, 5.74) is 1.40. The first-order valence-corrected chi connectivity index (χ1v) is 12.4. The van der Waals surface area contributed by atoms with E-state index in [4.69, 9.17) is 0 Å². The van der Waals surface area contributed by atoms with Crippen LogP contribution in [0.3, 0.4) is 0 Å². The van der Waals surface area contributed by atoms with Crippen LogP contribution in [0.15, 0.2) is 24.3 Å². The summed E-state index contributed by atoms with van der Waals surface area (Å²) in [6.45, 7) is 7.29. The summed E-state index contributed by atoms with van der Waals surface area (Å²) >= 11 is 0. The summed E-state index contributed by atoms with van der Waals surface area (Å²) in [4.78, 5) is 0. The molecule has 0 heterocycles. The number of phenolic OH excluding ortho intramolecular Hbond substituents is 1. The van der Waals surface area contributed by atoms with Gasteiger partial charge in [-0.3, -0.25) is 0 Å². The molecule has 2 unspecified atom stereocenters. The monoisotopic (exact) mass is 384 g/mol. The Labute approximate surface area is 174 Å². The number of hydrogen-bond acceptors (Lipinski definition) is 1. The molecule has 1 nitrogen and oxygen atoms in total. The highest BCUT2D eigenvalue weighted by Gasteiger charge is 2.33. The van der Waals surface area contributed by atoms with Gasteiger partial charge in [0, 0.05) is 0 Å². The molecule has 1 aromatic rings. The van der Waals surface area contributed by atoms with Crippen LogP contribution >= 0.6 is 0 Å². The third-order valence-electron chi connectivity index (χ3n) is 8.54. The van der Waals surface area contributed by atoms with Gasteiger partial charge in [0.1, 0.15) is 5.75 Å². The Balaban J connectivity index is 1.41. The topological polar surface area (TPSA) is 20.2 Å². The van der Waals surface area contributed by atoms with Crippen LogP contribution < -0.4 is 0 Å². The lowest BCUT2D eigenvalue weighted by Gasteiger charge is -2.40. The predicted molar refractivity (Wildman–Crippen MR) is 121 cm³/mol. The summed E-state index contributed by atoms with van der Waals surface area (Å²) in [6.07, 6.45) is 17.4. The molecule has 0 aromatic heterocycles. The molecule has 1 N–H and O–H groups in total. The lowest BCUT2D eigenvalue weighted by molar-refractivity contribution is 0.118. The number of aromatic hydroxyl groups is 1. The van der Waals surface area contributed by atoms with Crippen molar-refractivity contribution < 1.29 is 5.11 Å². The molecule has 2 atom stereocenters. The molecule has 0 amide bonds. The van der Waals surface area contributed by atoms with E-state index in [1.165, 1.54) is 82.6 Å². The zero-order valence-corrected chi connectivity index (χ0v) is 18.7. The van der Waals surface area contributed by atoms with Crippen LogP contribution in [0.4, 0.5) is 0 Å². The Morgan fingerprint density at radius 3 is 1.89 bits per heavy atom. The third kappa shape index (κ3) is 5.77. The fourth-order valence-electron chi connectivity index (χ4n) is 6.29. The molecule has 0 saturated heterocycles. The predicted octanol–water partition coefficient (Wildman–Crippen LogP) is 8.32. The van der Waals surface area contributed by atoms with E-state index in [1.807, 2.05) is 12.1 Å². The van der Waals surface area contributed by atoms with E-state index in [2.05, 4.69) is 32.9 Å². The van der Waals surface area contributed by atoms with E-state index in [0.717, 1.165) is 29.6 Å². The Kier molecular flexibility index (Phi) is 8.30. The molecule has 2 aliphatic carbocycles. The van der Waals surface area contributed by atoms with Gasteiger partial charge in [-0.2, -0.15) is 0 Å². The molecule has 0 aliphatic heterocycles. The van der Waals surface area contributed by atoms with Gasteiger partial charge in [0.05, 0.1) is 0 Å². The van der Waals surface area contributed by atoms with E-state index in [0.29, 0.717) is 11.7 Å². The maximum atomic E-state index is 9.54. The summed E-state index contributed by atoms with van der Waals surface area (Å²) in [7, 11) is 0. The molecule has 1 heteroatoms. The lowest BCUT2D eigenvalue weighted by Crippen LogP contribution is -2.29. The molecule has 0 radical (unpaired) electrons. The van der Waals surface area contributed by atoms with Crippen LogP contribution in [0.1, 0.15) is 109 Å². The van der Waals surface area contributed by atoms with Gasteiger partial charge in [-0.05, 0) is 91.7 Å². The molecule has 28 heavy (non-hydrogen) atoms. The highest BCUT2D eigenvalue weighted by Crippen LogP contribution is 2.45. The smallest absolute Gasteiger partial charge is 0.115 e. The number of hydrogen-bond donors (Lipinski definition) is 1. The standard InChI is InChI=1S/C27H44O/c1-4-5-6-7-22-8-10-23(11-9-22)20(2)24-12-14-25(15-13-24)21(3)26-16-18-27(28)19-17-26/h16-25,28H,4-15H2,1-3H3. The average molecular weight is 385 g/mol. The molecular formula is C27H44O. The zero-order chi connectivity index (χ0) is 19.9. The van der Waals surface area contributed by atoms with Gasteiger partial charge < -0.3 is 5.11 Å². The molecule has 1 aromatic carbocycles. The number of benzene rings is 1. The van der Waals surface area contributed by atoms with Crippen LogP contribution in [0.25, 0.3) is 0 Å². The number of unbranched alkanes of at least 4 members (excludes halogenated alkanes) is 2. The van der Waals surface area contributed by atoms with Crippen LogP contribution in [-0.4, -0.2) is 5.11 Å². The van der Waals surface area contributed by atoms with Crippen molar-refractivity contribution in [1.29, 1.82) is 0 Å². The van der Waals surface area contributed by atoms with Crippen molar-refractivity contribution in [3.63, 3.8) is 0 Å². The van der Waals surface area contributed by atoms with Crippen LogP contribution in [-0.2, 0) is 0 Å². The first-order valence-electron chi connectivity index (χ1n) is 12.4. The minimum absolute atomic E-state index is 0.383. The van der Waals surface area contributed by atoms with Gasteiger partial charge in [0.2, 0.25) is 0 Å². The largest absolute Gasteiger partial charge is 0.508 e. The van der Waals surface area contributed by atoms with Crippen molar-refractivity contribution in [1.82, 2.24) is 0 Å². The van der Waals surface area contributed by atoms with Crippen molar-refractivity contribution in [2.45, 2.75) is 104 Å². The minimum Gasteiger partial charge on any atom is -0.508 e. The van der Waals surface area contributed by atoms with E-state index >= 15 is 0 Å². The quantitative estimate of drug-likeness (QED) is 0.447. The molecule has 158 valence electrons. The maximum Gasteiger partial charge on any atom is 0.115 e. The summed E-state index contributed by atoms with van der Waals surface area (Å²) in [6, 6.07) is 7.93. The second-order valence-corrected chi connectivity index (χ2v) is 10.2. The molecule has 2 fully saturated rings. The van der Waals surface area contributed by atoms with Gasteiger partial charge >= 0.3 is 0 Å². The normalized spacial score (nSPS) is 30.7. The van der Waals surface area contributed by atoms with Crippen molar-refractivity contribution in [2.75, 3.05) is 0 Å². The minimum atomic E-state index is 0.383. The van der Waals surface area contributed by atoms with E-state index in [1.54, 1.807) is 0 Å². The van der Waals surface area contributed by atoms with Crippen molar-refractivity contribution in [2.24, 2.45) is 29.6 Å². The van der Waals surface area contributed by atoms with Crippen molar-refractivity contribution in [3.8, 4) is 5.75 Å². The fraction of sp³-hybridized carbons (Fsp3) is 0.778. The van der Waals surface area contributed by atoms with Crippen molar-refractivity contribution in [3.05, 3.63) is 29.8 Å². The Bertz CT molecular complexity index is 546. The molecule has 0 bridgehead atoms. The van der Waals surface area contributed by atoms with Gasteiger partial charge in [0.15, 0.2) is 0 Å². The first-order chi connectivity index (χ1) is 13.6. The Morgan fingerprint density at radius 1 is 0.786 bits per heavy atom. The van der Waals surface area contributed by atoms with Gasteiger partial charge in [-0.15, -0.1) is 0 Å². The summed E-state index contributed by atoms with van der Waals surface area (Å²) in [5.74, 6) is 5.76. The highest BCUT2D eigenvalue weighted by atomic mass is 16.3. The molecule has 2 saturated carbocycles. The Hall–Kier alpha value is -0.980. The highest BCUT2D eigenvalue weighted by molar-refractivity contribution is 5.28. The van der Waals surface area contributed by atoms with Crippen LogP contribution in [0.2, 0.25) is 0 Å². The summed E-state index contributed by atoms with van der Waals surface area (Å²) < 4.78 is 0. The van der Waals surface area contributed by atoms with E-state index in [9.17, 15) is 5.11 Å². The SMILES string of the molecule is CCCCCC1CCC(C(C)C2CCC(C(C)c3ccc(O)cc3)CC2)CC1.